The van der Waals surface area contributed by atoms with E-state index in [0.29, 0.717) is 30.8 Å². The first-order chi connectivity index (χ1) is 11.3. The molecule has 0 N–H and O–H groups in total. The minimum absolute atomic E-state index is 0.0874. The van der Waals surface area contributed by atoms with Crippen molar-refractivity contribution in [1.29, 1.82) is 0 Å². The molecule has 0 aromatic carbocycles. The number of aromatic nitrogens is 3. The molecule has 2 aliphatic heterocycles. The Morgan fingerprint density at radius 1 is 1.26 bits per heavy atom. The quantitative estimate of drug-likeness (QED) is 0.857. The summed E-state index contributed by atoms with van der Waals surface area (Å²) in [7, 11) is 0. The van der Waals surface area contributed by atoms with E-state index in [1.54, 1.807) is 6.20 Å². The molecule has 2 aromatic heterocycles. The van der Waals surface area contributed by atoms with Gasteiger partial charge in [-0.05, 0) is 31.9 Å². The molecule has 7 heteroatoms. The standard InChI is InChI=1S/C16H20N4O3/c1-11-18-15(23-19-11)13-5-2-6-17-14(13)20-7-3-4-12(10-20)16-21-8-9-22-16/h2,5-6,12,16H,3-4,7-10H2,1H3/t12-/m0/s1. The second kappa shape index (κ2) is 6.25. The van der Waals surface area contributed by atoms with Gasteiger partial charge in [-0.1, -0.05) is 5.16 Å². The minimum atomic E-state index is -0.0874. The summed E-state index contributed by atoms with van der Waals surface area (Å²) < 4.78 is 16.7. The van der Waals surface area contributed by atoms with Crippen molar-refractivity contribution in [1.82, 2.24) is 15.1 Å². The van der Waals surface area contributed by atoms with Crippen LogP contribution in [-0.4, -0.2) is 47.7 Å². The molecule has 4 rings (SSSR count). The molecule has 0 unspecified atom stereocenters. The Balaban J connectivity index is 1.60. The van der Waals surface area contributed by atoms with Crippen molar-refractivity contribution in [2.45, 2.75) is 26.1 Å². The van der Waals surface area contributed by atoms with Crippen LogP contribution >= 0.6 is 0 Å². The monoisotopic (exact) mass is 316 g/mol. The van der Waals surface area contributed by atoms with Gasteiger partial charge in [0.1, 0.15) is 5.82 Å². The van der Waals surface area contributed by atoms with Crippen molar-refractivity contribution in [2.24, 2.45) is 5.92 Å². The summed E-state index contributed by atoms with van der Waals surface area (Å²) >= 11 is 0. The summed E-state index contributed by atoms with van der Waals surface area (Å²) in [5, 5.41) is 3.88. The highest BCUT2D eigenvalue weighted by Gasteiger charge is 2.32. The number of anilines is 1. The highest BCUT2D eigenvalue weighted by Crippen LogP contribution is 2.32. The highest BCUT2D eigenvalue weighted by molar-refractivity contribution is 5.69. The Morgan fingerprint density at radius 2 is 2.13 bits per heavy atom. The molecule has 23 heavy (non-hydrogen) atoms. The SMILES string of the molecule is Cc1noc(-c2cccnc2N2CCC[C@H](C3OCCO3)C2)n1. The maximum Gasteiger partial charge on any atom is 0.261 e. The van der Waals surface area contributed by atoms with Crippen LogP contribution in [0.1, 0.15) is 18.7 Å². The van der Waals surface area contributed by atoms with Gasteiger partial charge < -0.3 is 18.9 Å². The number of hydrogen-bond acceptors (Lipinski definition) is 7. The Bertz CT molecular complexity index is 669. The van der Waals surface area contributed by atoms with Crippen LogP contribution in [0.2, 0.25) is 0 Å². The van der Waals surface area contributed by atoms with E-state index in [2.05, 4.69) is 20.0 Å². The van der Waals surface area contributed by atoms with Crippen molar-refractivity contribution in [3.8, 4) is 11.5 Å². The molecule has 0 bridgehead atoms. The third-order valence-corrected chi connectivity index (χ3v) is 4.33. The Kier molecular flexibility index (Phi) is 3.97. The molecule has 2 aromatic rings. The van der Waals surface area contributed by atoms with Gasteiger partial charge in [-0.25, -0.2) is 4.98 Å². The first-order valence-corrected chi connectivity index (χ1v) is 8.05. The Hall–Kier alpha value is -1.99. The van der Waals surface area contributed by atoms with E-state index in [-0.39, 0.29) is 6.29 Å². The Morgan fingerprint density at radius 3 is 2.91 bits per heavy atom. The third-order valence-electron chi connectivity index (χ3n) is 4.33. The zero-order valence-electron chi connectivity index (χ0n) is 13.1. The van der Waals surface area contributed by atoms with Crippen LogP contribution in [0.25, 0.3) is 11.5 Å². The predicted molar refractivity (Wildman–Crippen MR) is 82.9 cm³/mol. The zero-order chi connectivity index (χ0) is 15.6. The molecule has 2 aliphatic rings. The molecule has 122 valence electrons. The van der Waals surface area contributed by atoms with Crippen LogP contribution in [0.4, 0.5) is 5.82 Å². The summed E-state index contributed by atoms with van der Waals surface area (Å²) in [6.07, 6.45) is 3.92. The fraction of sp³-hybridized carbons (Fsp3) is 0.562. The number of aryl methyl sites for hydroxylation is 1. The molecular formula is C16H20N4O3. The van der Waals surface area contributed by atoms with Gasteiger partial charge in [0.15, 0.2) is 12.1 Å². The first-order valence-electron chi connectivity index (χ1n) is 8.05. The van der Waals surface area contributed by atoms with E-state index in [4.69, 9.17) is 14.0 Å². The smallest absolute Gasteiger partial charge is 0.261 e. The molecule has 0 radical (unpaired) electrons. The molecule has 2 saturated heterocycles. The van der Waals surface area contributed by atoms with E-state index in [1.807, 2.05) is 19.1 Å². The molecule has 0 spiro atoms. The topological polar surface area (TPSA) is 73.5 Å². The minimum Gasteiger partial charge on any atom is -0.355 e. The van der Waals surface area contributed by atoms with Crippen LogP contribution in [0, 0.1) is 12.8 Å². The number of rotatable bonds is 3. The van der Waals surface area contributed by atoms with Crippen LogP contribution in [0.3, 0.4) is 0 Å². The first kappa shape index (κ1) is 14.6. The van der Waals surface area contributed by atoms with Gasteiger partial charge in [-0.3, -0.25) is 0 Å². The normalized spacial score (nSPS) is 22.7. The van der Waals surface area contributed by atoms with E-state index in [1.165, 1.54) is 0 Å². The van der Waals surface area contributed by atoms with Crippen molar-refractivity contribution in [2.75, 3.05) is 31.2 Å². The lowest BCUT2D eigenvalue weighted by Gasteiger charge is -2.35. The average molecular weight is 316 g/mol. The number of ether oxygens (including phenoxy) is 2. The second-order valence-corrected chi connectivity index (χ2v) is 5.98. The average Bonchev–Trinajstić information content (AvgIpc) is 3.27. The van der Waals surface area contributed by atoms with Crippen LogP contribution in [0.5, 0.6) is 0 Å². The summed E-state index contributed by atoms with van der Waals surface area (Å²) in [6.45, 7) is 5.02. The van der Waals surface area contributed by atoms with Gasteiger partial charge in [0.25, 0.3) is 5.89 Å². The summed E-state index contributed by atoms with van der Waals surface area (Å²) in [6, 6.07) is 3.87. The van der Waals surface area contributed by atoms with Crippen molar-refractivity contribution in [3.05, 3.63) is 24.2 Å². The maximum atomic E-state index is 5.68. The predicted octanol–water partition coefficient (Wildman–Crippen LogP) is 2.03. The molecule has 7 nitrogen and oxygen atoms in total. The van der Waals surface area contributed by atoms with Gasteiger partial charge in [0, 0.05) is 25.2 Å². The highest BCUT2D eigenvalue weighted by atomic mass is 16.7. The molecule has 2 fully saturated rings. The van der Waals surface area contributed by atoms with Gasteiger partial charge in [-0.15, -0.1) is 0 Å². The van der Waals surface area contributed by atoms with Crippen LogP contribution in [-0.2, 0) is 9.47 Å². The lowest BCUT2D eigenvalue weighted by atomic mass is 9.97. The molecule has 4 heterocycles. The second-order valence-electron chi connectivity index (χ2n) is 5.98. The number of pyridine rings is 1. The van der Waals surface area contributed by atoms with Gasteiger partial charge in [0.05, 0.1) is 18.8 Å². The number of hydrogen-bond donors (Lipinski definition) is 0. The molecule has 0 aliphatic carbocycles. The van der Waals surface area contributed by atoms with Gasteiger partial charge >= 0.3 is 0 Å². The number of nitrogens with zero attached hydrogens (tertiary/aromatic N) is 4. The lowest BCUT2D eigenvalue weighted by Crippen LogP contribution is -2.41. The Labute approximate surface area is 134 Å². The summed E-state index contributed by atoms with van der Waals surface area (Å²) in [5.41, 5.74) is 0.877. The van der Waals surface area contributed by atoms with E-state index < -0.39 is 0 Å². The van der Waals surface area contributed by atoms with Crippen molar-refractivity contribution >= 4 is 5.82 Å². The zero-order valence-corrected chi connectivity index (χ0v) is 13.1. The summed E-state index contributed by atoms with van der Waals surface area (Å²) in [5.74, 6) is 2.39. The summed E-state index contributed by atoms with van der Waals surface area (Å²) in [4.78, 5) is 11.2. The van der Waals surface area contributed by atoms with Gasteiger partial charge in [0.2, 0.25) is 0 Å². The van der Waals surface area contributed by atoms with E-state index in [0.717, 1.165) is 37.3 Å². The van der Waals surface area contributed by atoms with Crippen molar-refractivity contribution in [3.63, 3.8) is 0 Å². The van der Waals surface area contributed by atoms with E-state index in [9.17, 15) is 0 Å². The van der Waals surface area contributed by atoms with E-state index >= 15 is 0 Å². The fourth-order valence-corrected chi connectivity index (χ4v) is 3.30. The molecular weight excluding hydrogens is 296 g/mol. The van der Waals surface area contributed by atoms with Crippen LogP contribution < -0.4 is 4.90 Å². The van der Waals surface area contributed by atoms with Crippen LogP contribution in [0.15, 0.2) is 22.9 Å². The molecule has 1 atom stereocenters. The van der Waals surface area contributed by atoms with Crippen molar-refractivity contribution < 1.29 is 14.0 Å². The molecule has 0 amide bonds. The fourth-order valence-electron chi connectivity index (χ4n) is 3.30. The third kappa shape index (κ3) is 2.94. The number of piperidine rings is 1. The molecule has 0 saturated carbocycles. The largest absolute Gasteiger partial charge is 0.355 e. The maximum absolute atomic E-state index is 5.68. The van der Waals surface area contributed by atoms with Gasteiger partial charge in [-0.2, -0.15) is 4.98 Å². The lowest BCUT2D eigenvalue weighted by molar-refractivity contribution is -0.0859.